The summed E-state index contributed by atoms with van der Waals surface area (Å²) in [5.41, 5.74) is 5.41. The summed E-state index contributed by atoms with van der Waals surface area (Å²) in [5, 5.41) is 4.61. The van der Waals surface area contributed by atoms with E-state index in [9.17, 15) is 0 Å². The molecular formula is C25H22ClNS. The molecule has 1 aliphatic carbocycles. The Kier molecular flexibility index (Phi) is 4.92. The normalized spacial score (nSPS) is 22.4. The van der Waals surface area contributed by atoms with Crippen LogP contribution in [0, 0.1) is 5.92 Å². The van der Waals surface area contributed by atoms with E-state index in [1.54, 1.807) is 0 Å². The summed E-state index contributed by atoms with van der Waals surface area (Å²) in [6.07, 6.45) is 5.87. The van der Waals surface area contributed by atoms with Gasteiger partial charge in [0.1, 0.15) is 0 Å². The van der Waals surface area contributed by atoms with Gasteiger partial charge in [0.05, 0.1) is 6.04 Å². The molecule has 1 nitrogen and oxygen atoms in total. The van der Waals surface area contributed by atoms with Crippen molar-refractivity contribution in [3.63, 3.8) is 0 Å². The van der Waals surface area contributed by atoms with Crippen LogP contribution in [0.1, 0.15) is 35.1 Å². The van der Waals surface area contributed by atoms with Gasteiger partial charge >= 0.3 is 0 Å². The molecule has 2 aliphatic rings. The largest absolute Gasteiger partial charge is 0.378 e. The Morgan fingerprint density at radius 3 is 2.61 bits per heavy atom. The molecule has 1 heterocycles. The molecule has 0 saturated heterocycles. The van der Waals surface area contributed by atoms with Crippen LogP contribution in [-0.2, 0) is 5.75 Å². The number of nitrogens with one attached hydrogen (secondary N) is 1. The Labute approximate surface area is 175 Å². The number of rotatable bonds is 4. The first-order chi connectivity index (χ1) is 13.8. The van der Waals surface area contributed by atoms with E-state index in [-0.39, 0.29) is 0 Å². The smallest absolute Gasteiger partial charge is 0.0553 e. The summed E-state index contributed by atoms with van der Waals surface area (Å²) in [4.78, 5) is 1.32. The van der Waals surface area contributed by atoms with Crippen LogP contribution in [0.25, 0.3) is 0 Å². The third kappa shape index (κ3) is 3.47. The van der Waals surface area contributed by atoms with Crippen molar-refractivity contribution in [2.75, 3.05) is 5.32 Å². The predicted octanol–water partition coefficient (Wildman–Crippen LogP) is 7.46. The first-order valence-corrected chi connectivity index (χ1v) is 11.1. The van der Waals surface area contributed by atoms with E-state index in [4.69, 9.17) is 11.6 Å². The highest BCUT2D eigenvalue weighted by atomic mass is 35.5. The van der Waals surface area contributed by atoms with Crippen molar-refractivity contribution < 1.29 is 0 Å². The van der Waals surface area contributed by atoms with Gasteiger partial charge in [-0.3, -0.25) is 0 Å². The topological polar surface area (TPSA) is 12.0 Å². The van der Waals surface area contributed by atoms with Crippen molar-refractivity contribution in [3.8, 4) is 0 Å². The molecule has 3 heteroatoms. The minimum atomic E-state index is 0.328. The molecule has 28 heavy (non-hydrogen) atoms. The van der Waals surface area contributed by atoms with Gasteiger partial charge in [0, 0.05) is 27.3 Å². The lowest BCUT2D eigenvalue weighted by Gasteiger charge is -2.37. The summed E-state index contributed by atoms with van der Waals surface area (Å²) in [6.45, 7) is 0. The Bertz CT molecular complexity index is 997. The first kappa shape index (κ1) is 17.9. The molecule has 3 aromatic rings. The number of thioether (sulfide) groups is 1. The van der Waals surface area contributed by atoms with Gasteiger partial charge in [0.15, 0.2) is 0 Å². The molecule has 0 spiro atoms. The van der Waals surface area contributed by atoms with Crippen LogP contribution in [-0.4, -0.2) is 0 Å². The molecule has 1 aliphatic heterocycles. The van der Waals surface area contributed by atoms with Crippen LogP contribution in [0.15, 0.2) is 89.8 Å². The highest BCUT2D eigenvalue weighted by Gasteiger charge is 2.37. The number of allylic oxidation sites excluding steroid dienone is 2. The number of benzene rings is 3. The molecule has 140 valence electrons. The van der Waals surface area contributed by atoms with Gasteiger partial charge in [0.25, 0.3) is 0 Å². The first-order valence-electron chi connectivity index (χ1n) is 9.77. The molecule has 0 saturated carbocycles. The highest BCUT2D eigenvalue weighted by Crippen LogP contribution is 2.50. The Hall–Kier alpha value is -2.16. The molecule has 0 amide bonds. The highest BCUT2D eigenvalue weighted by molar-refractivity contribution is 7.98. The van der Waals surface area contributed by atoms with Crippen molar-refractivity contribution in [1.29, 1.82) is 0 Å². The van der Waals surface area contributed by atoms with Crippen molar-refractivity contribution in [2.45, 2.75) is 29.0 Å². The number of anilines is 1. The minimum absolute atomic E-state index is 0.328. The summed E-state index contributed by atoms with van der Waals surface area (Å²) in [6, 6.07) is 26.2. The van der Waals surface area contributed by atoms with E-state index >= 15 is 0 Å². The fraction of sp³-hybridized carbons (Fsp3) is 0.200. The Balaban J connectivity index is 1.41. The van der Waals surface area contributed by atoms with E-state index in [0.29, 0.717) is 17.9 Å². The fourth-order valence-electron chi connectivity index (χ4n) is 4.42. The second kappa shape index (κ2) is 7.69. The van der Waals surface area contributed by atoms with Gasteiger partial charge in [-0.05, 0) is 59.4 Å². The second-order valence-electron chi connectivity index (χ2n) is 7.55. The molecule has 3 aromatic carbocycles. The van der Waals surface area contributed by atoms with Crippen LogP contribution >= 0.6 is 23.4 Å². The maximum Gasteiger partial charge on any atom is 0.0553 e. The third-order valence-electron chi connectivity index (χ3n) is 5.81. The lowest BCUT2D eigenvalue weighted by Crippen LogP contribution is -2.29. The summed E-state index contributed by atoms with van der Waals surface area (Å²) in [5.74, 6) is 2.04. The number of halogens is 1. The SMILES string of the molecule is Clc1ccc([C@@H]2Nc3ccc(CSc4ccccc4)cc3[C@@H]3C=CC[C@@H]32)cc1. The van der Waals surface area contributed by atoms with Gasteiger partial charge in [-0.2, -0.15) is 0 Å². The van der Waals surface area contributed by atoms with E-state index < -0.39 is 0 Å². The van der Waals surface area contributed by atoms with Crippen LogP contribution in [0.4, 0.5) is 5.69 Å². The minimum Gasteiger partial charge on any atom is -0.378 e. The predicted molar refractivity (Wildman–Crippen MR) is 120 cm³/mol. The zero-order valence-corrected chi connectivity index (χ0v) is 17.1. The monoisotopic (exact) mass is 403 g/mol. The Morgan fingerprint density at radius 2 is 1.79 bits per heavy atom. The summed E-state index contributed by atoms with van der Waals surface area (Å²) in [7, 11) is 0. The molecule has 0 unspecified atom stereocenters. The van der Waals surface area contributed by atoms with Gasteiger partial charge < -0.3 is 5.32 Å². The van der Waals surface area contributed by atoms with Crippen LogP contribution in [0.2, 0.25) is 5.02 Å². The van der Waals surface area contributed by atoms with Gasteiger partial charge in [-0.25, -0.2) is 0 Å². The molecule has 0 fully saturated rings. The van der Waals surface area contributed by atoms with E-state index in [1.807, 2.05) is 23.9 Å². The van der Waals surface area contributed by atoms with Gasteiger partial charge in [0.2, 0.25) is 0 Å². The zero-order chi connectivity index (χ0) is 18.9. The molecule has 3 atom stereocenters. The van der Waals surface area contributed by atoms with E-state index in [2.05, 4.69) is 78.1 Å². The fourth-order valence-corrected chi connectivity index (χ4v) is 5.41. The van der Waals surface area contributed by atoms with Crippen LogP contribution in [0.5, 0.6) is 0 Å². The maximum atomic E-state index is 6.10. The second-order valence-corrected chi connectivity index (χ2v) is 9.04. The van der Waals surface area contributed by atoms with Crippen molar-refractivity contribution in [1.82, 2.24) is 0 Å². The number of hydrogen-bond acceptors (Lipinski definition) is 2. The molecule has 1 N–H and O–H groups in total. The lowest BCUT2D eigenvalue weighted by atomic mass is 9.77. The molecule has 0 radical (unpaired) electrons. The third-order valence-corrected chi connectivity index (χ3v) is 7.14. The van der Waals surface area contributed by atoms with Crippen LogP contribution < -0.4 is 5.32 Å². The zero-order valence-electron chi connectivity index (χ0n) is 15.5. The average molecular weight is 404 g/mol. The maximum absolute atomic E-state index is 6.10. The Morgan fingerprint density at radius 1 is 0.964 bits per heavy atom. The van der Waals surface area contributed by atoms with Crippen molar-refractivity contribution in [3.05, 3.63) is 107 Å². The lowest BCUT2D eigenvalue weighted by molar-refractivity contribution is 0.425. The van der Waals surface area contributed by atoms with Crippen molar-refractivity contribution >= 4 is 29.1 Å². The average Bonchev–Trinajstić information content (AvgIpc) is 3.23. The van der Waals surface area contributed by atoms with E-state index in [0.717, 1.165) is 17.2 Å². The van der Waals surface area contributed by atoms with Crippen molar-refractivity contribution in [2.24, 2.45) is 5.92 Å². The number of fused-ring (bicyclic) bond motifs is 3. The number of hydrogen-bond donors (Lipinski definition) is 1. The standard InChI is InChI=1S/C25H22ClNS/c26-19-12-10-18(11-13-19)25-22-8-4-7-21(22)23-15-17(9-14-24(23)27-25)16-28-20-5-2-1-3-6-20/h1-7,9-15,21-22,25,27H,8,16H2/t21-,22+,25+/m1/s1. The summed E-state index contributed by atoms with van der Waals surface area (Å²) >= 11 is 8.00. The quantitative estimate of drug-likeness (QED) is 0.358. The van der Waals surface area contributed by atoms with E-state index in [1.165, 1.54) is 27.3 Å². The summed E-state index contributed by atoms with van der Waals surface area (Å²) < 4.78 is 0. The molecule has 0 bridgehead atoms. The van der Waals surface area contributed by atoms with Crippen LogP contribution in [0.3, 0.4) is 0 Å². The van der Waals surface area contributed by atoms with Gasteiger partial charge in [-0.15, -0.1) is 11.8 Å². The molecule has 5 rings (SSSR count). The molecular weight excluding hydrogens is 382 g/mol. The molecule has 0 aromatic heterocycles. The van der Waals surface area contributed by atoms with Gasteiger partial charge in [-0.1, -0.05) is 66.2 Å².